The molecule has 7 rings (SSSR count). The van der Waals surface area contributed by atoms with E-state index in [4.69, 9.17) is 25.7 Å². The fraction of sp³-hybridized carbons (Fsp3) is 0.119. The first-order chi connectivity index (χ1) is 23.2. The van der Waals surface area contributed by atoms with Crippen LogP contribution in [0, 0.1) is 13.8 Å². The van der Waals surface area contributed by atoms with Gasteiger partial charge >= 0.3 is 0 Å². The summed E-state index contributed by atoms with van der Waals surface area (Å²) < 4.78 is 0. The number of nitrogens with one attached hydrogen (secondary N) is 1. The fourth-order valence-corrected chi connectivity index (χ4v) is 6.66. The molecule has 3 aliphatic rings. The molecule has 2 aliphatic heterocycles. The van der Waals surface area contributed by atoms with Crippen LogP contribution in [-0.2, 0) is 0 Å². The first-order valence-corrected chi connectivity index (χ1v) is 15.9. The Hall–Kier alpha value is -6.10. The van der Waals surface area contributed by atoms with E-state index < -0.39 is 0 Å². The molecule has 0 fully saturated rings. The third kappa shape index (κ3) is 5.09. The number of amidine groups is 2. The van der Waals surface area contributed by atoms with Crippen molar-refractivity contribution < 1.29 is 0 Å². The van der Waals surface area contributed by atoms with Gasteiger partial charge in [0.1, 0.15) is 11.5 Å². The van der Waals surface area contributed by atoms with Gasteiger partial charge in [-0.25, -0.2) is 15.0 Å². The third-order valence-corrected chi connectivity index (χ3v) is 9.03. The number of rotatable bonds is 4. The zero-order chi connectivity index (χ0) is 33.7. The second kappa shape index (κ2) is 11.9. The van der Waals surface area contributed by atoms with Crippen LogP contribution in [0.4, 0.5) is 5.69 Å². The number of aliphatic imine (C=N–C) groups is 4. The second-order valence-electron chi connectivity index (χ2n) is 12.2. The van der Waals surface area contributed by atoms with Crippen LogP contribution in [0.5, 0.6) is 0 Å². The molecule has 1 aliphatic carbocycles. The van der Waals surface area contributed by atoms with E-state index in [0.29, 0.717) is 11.5 Å². The van der Waals surface area contributed by atoms with Gasteiger partial charge in [-0.2, -0.15) is 0 Å². The van der Waals surface area contributed by atoms with Crippen molar-refractivity contribution in [1.29, 1.82) is 0 Å². The van der Waals surface area contributed by atoms with Gasteiger partial charge in [0, 0.05) is 72.2 Å². The number of fused-ring (bicyclic) bond motifs is 3. The largest absolute Gasteiger partial charge is 0.398 e. The van der Waals surface area contributed by atoms with Crippen LogP contribution in [-0.4, -0.2) is 23.1 Å². The van der Waals surface area contributed by atoms with Crippen molar-refractivity contribution >= 4 is 51.6 Å². The molecule has 0 atom stereocenters. The highest BCUT2D eigenvalue weighted by molar-refractivity contribution is 6.23. The van der Waals surface area contributed by atoms with E-state index in [-0.39, 0.29) is 0 Å². The molecule has 2 heterocycles. The third-order valence-electron chi connectivity index (χ3n) is 9.03. The molecule has 6 heteroatoms. The maximum absolute atomic E-state index is 6.35. The van der Waals surface area contributed by atoms with Crippen LogP contribution in [0.25, 0.3) is 22.8 Å². The molecule has 0 saturated carbocycles. The average molecular weight is 625 g/mol. The highest BCUT2D eigenvalue weighted by atomic mass is 15.0. The Kier molecular flexibility index (Phi) is 7.59. The van der Waals surface area contributed by atoms with Crippen molar-refractivity contribution in [2.24, 2.45) is 20.0 Å². The summed E-state index contributed by atoms with van der Waals surface area (Å²) in [5.74, 6) is 1.41. The van der Waals surface area contributed by atoms with E-state index in [2.05, 4.69) is 80.5 Å². The molecule has 0 radical (unpaired) electrons. The van der Waals surface area contributed by atoms with Gasteiger partial charge in [0.2, 0.25) is 0 Å². The van der Waals surface area contributed by atoms with Crippen molar-refractivity contribution in [2.45, 2.75) is 34.6 Å². The summed E-state index contributed by atoms with van der Waals surface area (Å²) in [5, 5.41) is 5.28. The molecule has 4 aromatic rings. The zero-order valence-corrected chi connectivity index (χ0v) is 27.9. The molecule has 0 saturated heterocycles. The van der Waals surface area contributed by atoms with Crippen molar-refractivity contribution in [3.8, 4) is 0 Å². The monoisotopic (exact) mass is 624 g/mol. The van der Waals surface area contributed by atoms with Crippen molar-refractivity contribution in [3.63, 3.8) is 0 Å². The maximum Gasteiger partial charge on any atom is 0.160 e. The SMILES string of the molecule is C=C/C(N=C1N=C(C)c2ccccc21)=c1/cccc/c1=C(/C)N=C1C(C)=C=C(N=C2NC(=C)c3c(N)ccc(C)c32)c2c(C)cccc21. The minimum absolute atomic E-state index is 0.680. The minimum Gasteiger partial charge on any atom is -0.398 e. The Labute approximate surface area is 280 Å². The van der Waals surface area contributed by atoms with E-state index in [1.807, 2.05) is 57.2 Å². The number of nitrogens with two attached hydrogens (primary N) is 1. The topological polar surface area (TPSA) is 87.5 Å². The number of hydrogen-bond acceptors (Lipinski definition) is 4. The van der Waals surface area contributed by atoms with Gasteiger partial charge in [0.05, 0.1) is 11.4 Å². The van der Waals surface area contributed by atoms with Gasteiger partial charge in [-0.3, -0.25) is 4.99 Å². The van der Waals surface area contributed by atoms with Crippen molar-refractivity contribution in [3.05, 3.63) is 164 Å². The van der Waals surface area contributed by atoms with Crippen LogP contribution in [0.3, 0.4) is 0 Å². The lowest BCUT2D eigenvalue weighted by Gasteiger charge is -2.19. The zero-order valence-electron chi connectivity index (χ0n) is 27.9. The Balaban J connectivity index is 1.42. The van der Waals surface area contributed by atoms with Crippen LogP contribution in [0.2, 0.25) is 0 Å². The first kappa shape index (κ1) is 30.5. The number of anilines is 1. The number of nitrogen functional groups attached to an aromatic ring is 1. The highest BCUT2D eigenvalue weighted by Gasteiger charge is 2.27. The molecule has 6 nitrogen and oxygen atoms in total. The highest BCUT2D eigenvalue weighted by Crippen LogP contribution is 2.35. The summed E-state index contributed by atoms with van der Waals surface area (Å²) in [6.45, 7) is 18.6. The van der Waals surface area contributed by atoms with E-state index in [1.54, 1.807) is 6.08 Å². The van der Waals surface area contributed by atoms with E-state index in [9.17, 15) is 0 Å². The molecule has 0 bridgehead atoms. The molecule has 0 unspecified atom stereocenters. The fourth-order valence-electron chi connectivity index (χ4n) is 6.66. The molecule has 0 aromatic heterocycles. The summed E-state index contributed by atoms with van der Waals surface area (Å²) in [6.07, 6.45) is 1.79. The molecule has 48 heavy (non-hydrogen) atoms. The minimum atomic E-state index is 0.680. The van der Waals surface area contributed by atoms with Gasteiger partial charge in [-0.05, 0) is 57.9 Å². The summed E-state index contributed by atoms with van der Waals surface area (Å²) in [5.41, 5.74) is 24.6. The van der Waals surface area contributed by atoms with Gasteiger partial charge in [-0.1, -0.05) is 91.7 Å². The molecule has 4 aromatic carbocycles. The Morgan fingerprint density at radius 2 is 1.48 bits per heavy atom. The summed E-state index contributed by atoms with van der Waals surface area (Å²) in [4.78, 5) is 20.2. The number of benzene rings is 4. The normalized spacial score (nSPS) is 18.5. The molecular formula is C42H36N6. The summed E-state index contributed by atoms with van der Waals surface area (Å²) in [6, 6.07) is 26.5. The van der Waals surface area contributed by atoms with Crippen LogP contribution < -0.4 is 21.5 Å². The van der Waals surface area contributed by atoms with Gasteiger partial charge < -0.3 is 11.1 Å². The quantitative estimate of drug-likeness (QED) is 0.190. The standard InChI is InChI=1S/C42H36N6/c1-8-35(47-41-32-18-12-10-16-30(32)27(6)45-41)31-17-11-9-15-29(31)26(5)44-40-25(4)22-36(37-23(2)14-13-19-33(37)40)48-42-38-24(3)20-21-34(43)39(38)28(7)46-42/h8-21H,1,7,43H2,2-6H3,(H,46,48)/b29-26+,35-31+,44-40?,47-41?. The molecular weight excluding hydrogens is 589 g/mol. The Morgan fingerprint density at radius 3 is 2.25 bits per heavy atom. The Morgan fingerprint density at radius 1 is 0.792 bits per heavy atom. The van der Waals surface area contributed by atoms with Crippen LogP contribution >= 0.6 is 0 Å². The first-order valence-electron chi connectivity index (χ1n) is 15.9. The van der Waals surface area contributed by atoms with Crippen molar-refractivity contribution in [2.75, 3.05) is 5.73 Å². The van der Waals surface area contributed by atoms with Crippen LogP contribution in [0.15, 0.2) is 129 Å². The molecule has 3 N–H and O–H groups in total. The average Bonchev–Trinajstić information content (AvgIpc) is 3.59. The van der Waals surface area contributed by atoms with E-state index in [1.165, 1.54) is 0 Å². The van der Waals surface area contributed by atoms with Crippen molar-refractivity contribution in [1.82, 2.24) is 5.32 Å². The lowest BCUT2D eigenvalue weighted by atomic mass is 9.89. The smallest absolute Gasteiger partial charge is 0.160 e. The van der Waals surface area contributed by atoms with Gasteiger partial charge in [0.15, 0.2) is 5.84 Å². The summed E-state index contributed by atoms with van der Waals surface area (Å²) in [7, 11) is 0. The number of hydrogen-bond donors (Lipinski definition) is 2. The predicted octanol–water partition coefficient (Wildman–Crippen LogP) is 6.99. The van der Waals surface area contributed by atoms with Gasteiger partial charge in [-0.15, -0.1) is 0 Å². The molecule has 0 spiro atoms. The molecule has 0 amide bonds. The lowest BCUT2D eigenvalue weighted by molar-refractivity contribution is 1.29. The number of allylic oxidation sites excluding steroid dienone is 1. The lowest BCUT2D eigenvalue weighted by Crippen LogP contribution is -2.28. The second-order valence-corrected chi connectivity index (χ2v) is 12.2. The number of aryl methyl sites for hydroxylation is 2. The van der Waals surface area contributed by atoms with E-state index in [0.717, 1.165) is 101 Å². The Bertz CT molecular complexity index is 2440. The van der Waals surface area contributed by atoms with E-state index >= 15 is 0 Å². The predicted molar refractivity (Wildman–Crippen MR) is 202 cm³/mol. The molecule has 234 valence electrons. The van der Waals surface area contributed by atoms with Gasteiger partial charge in [0.25, 0.3) is 0 Å². The summed E-state index contributed by atoms with van der Waals surface area (Å²) >= 11 is 0. The van der Waals surface area contributed by atoms with Crippen LogP contribution in [0.1, 0.15) is 65.3 Å². The maximum atomic E-state index is 6.35. The number of nitrogens with zero attached hydrogens (tertiary/aromatic N) is 4.